The van der Waals surface area contributed by atoms with Crippen molar-refractivity contribution in [1.29, 1.82) is 0 Å². The quantitative estimate of drug-likeness (QED) is 0.136. The standard InChI is InChI=1S/4C6H6NO.5C2H4O2.CH2Cl2.3Co.Er.H2O/c4*8-5-6-3-1-2-4-7-6;5*1-2(3)4;2-1-3;;;;;/h4*1-4H,5H2;5*1H3,(H,3,4);1H2;;;;;1H2/q4*-1;;;;;;;2*+2;+3;;/p-4. The van der Waals surface area contributed by atoms with Crippen LogP contribution in [0.5, 0.6) is 0 Å². The van der Waals surface area contributed by atoms with E-state index in [1.807, 2.05) is 0 Å². The molecule has 0 saturated carbocycles. The van der Waals surface area contributed by atoms with Crippen LogP contribution in [-0.2, 0) is 106 Å². The third-order valence-electron chi connectivity index (χ3n) is 3.50. The summed E-state index contributed by atoms with van der Waals surface area (Å²) in [4.78, 5) is 59.6. The first-order chi connectivity index (χ1) is 25.8. The molecule has 0 atom stereocenters. The largest absolute Gasteiger partial charge is 3.00 e. The van der Waals surface area contributed by atoms with Crippen LogP contribution in [0.25, 0.3) is 0 Å². The molecular formula is C35H44Cl2Co3ErN4O15-. The summed E-state index contributed by atoms with van der Waals surface area (Å²) in [5, 5.41) is 84.9. The van der Waals surface area contributed by atoms with Crippen molar-refractivity contribution in [3.8, 4) is 0 Å². The Labute approximate surface area is 419 Å². The van der Waals surface area contributed by atoms with Gasteiger partial charge in [0.25, 0.3) is 0 Å². The number of aromatic nitrogens is 4. The third-order valence-corrected chi connectivity index (χ3v) is 3.50. The zero-order valence-electron chi connectivity index (χ0n) is 32.4. The van der Waals surface area contributed by atoms with E-state index in [9.17, 15) is 20.4 Å². The Kier molecular flexibility index (Phi) is 99.6. The van der Waals surface area contributed by atoms with Crippen LogP contribution < -0.4 is 46.0 Å². The average molecular weight is 1180 g/mol. The van der Waals surface area contributed by atoms with Crippen molar-refractivity contribution in [3.05, 3.63) is 120 Å². The van der Waals surface area contributed by atoms with Gasteiger partial charge >= 0.3 is 50.3 Å². The Morgan fingerprint density at radius 1 is 0.433 bits per heavy atom. The predicted molar refractivity (Wildman–Crippen MR) is 187 cm³/mol. The number of pyridine rings is 4. The molecule has 4 rings (SSSR count). The zero-order valence-corrected chi connectivity index (χ0v) is 38.9. The summed E-state index contributed by atoms with van der Waals surface area (Å²) in [5.74, 6) is -5.42. The predicted octanol–water partition coefficient (Wildman–Crippen LogP) is -5.96. The number of carbonyl (C=O) groups is 5. The van der Waals surface area contributed by atoms with Crippen molar-refractivity contribution in [1.82, 2.24) is 19.9 Å². The number of carboxylic acids is 5. The maximum Gasteiger partial charge on any atom is 3.00 e. The number of alkyl halides is 2. The van der Waals surface area contributed by atoms with Gasteiger partial charge < -0.3 is 75.4 Å². The molecule has 3 N–H and O–H groups in total. The number of rotatable bonds is 4. The molecule has 2 radical (unpaired) electrons. The molecule has 0 fully saturated rings. The van der Waals surface area contributed by atoms with Crippen molar-refractivity contribution in [2.45, 2.75) is 61.0 Å². The van der Waals surface area contributed by atoms with E-state index in [0.29, 0.717) is 22.8 Å². The summed E-state index contributed by atoms with van der Waals surface area (Å²) < 4.78 is 0. The van der Waals surface area contributed by atoms with E-state index in [1.165, 1.54) is 0 Å². The van der Waals surface area contributed by atoms with Gasteiger partial charge in [-0.25, -0.2) is 0 Å². The molecule has 0 saturated heterocycles. The molecule has 4 aromatic rings. The smallest absolute Gasteiger partial charge is 0.850 e. The molecule has 25 heteroatoms. The van der Waals surface area contributed by atoms with Crippen LogP contribution in [-0.4, -0.2) is 55.1 Å². The van der Waals surface area contributed by atoms with Gasteiger partial charge in [0, 0.05) is 115 Å². The van der Waals surface area contributed by atoms with Crippen LogP contribution in [0, 0.1) is 37.3 Å². The summed E-state index contributed by atoms with van der Waals surface area (Å²) in [6, 6.07) is 21.2. The van der Waals surface area contributed by atoms with Crippen LogP contribution in [0.2, 0.25) is 0 Å². The number of carboxylic acid groups (broad SMARTS) is 5. The SMILES string of the molecule is CC(=O)[O-].CC(=O)[O-].CC(=O)[O-].CC(=O)[O-].CC(=O)[O-].ClCCl.[Co+2].[Co+2].[Co+3].[Er].[O-]Cc1ccccn1.[O-]Cc1ccccn1.[O-]Cc1ccccn1.[O-]Cc1ccccn1.[OH3+]. The molecule has 0 amide bonds. The Balaban J connectivity index is -0.0000000500. The first-order valence-corrected chi connectivity index (χ1v) is 15.8. The monoisotopic (exact) mass is 1170 g/mol. The average Bonchev–Trinajstić information content (AvgIpc) is 3.13. The van der Waals surface area contributed by atoms with Crippen molar-refractivity contribution in [2.75, 3.05) is 5.34 Å². The molecule has 348 valence electrons. The van der Waals surface area contributed by atoms with Gasteiger partial charge in [-0.15, -0.1) is 23.2 Å². The van der Waals surface area contributed by atoms with Crippen LogP contribution in [0.1, 0.15) is 57.4 Å². The van der Waals surface area contributed by atoms with Crippen molar-refractivity contribution < 1.29 is 163 Å². The van der Waals surface area contributed by atoms with Crippen molar-refractivity contribution in [2.24, 2.45) is 0 Å². The summed E-state index contributed by atoms with van der Waals surface area (Å²) in [5.41, 5.74) is 2.42. The molecule has 19 nitrogen and oxygen atoms in total. The number of hydrogen-bond acceptors (Lipinski definition) is 18. The first-order valence-electron chi connectivity index (χ1n) is 14.7. The van der Waals surface area contributed by atoms with Crippen molar-refractivity contribution >= 4 is 53.0 Å². The molecule has 0 aliphatic heterocycles. The van der Waals surface area contributed by atoms with Gasteiger partial charge in [-0.05, 0) is 83.1 Å². The van der Waals surface area contributed by atoms with E-state index in [4.69, 9.17) is 72.7 Å². The number of hydrogen-bond donors (Lipinski definition) is 0. The molecule has 60 heavy (non-hydrogen) atoms. The van der Waals surface area contributed by atoms with Crippen LogP contribution in [0.15, 0.2) is 97.6 Å². The zero-order chi connectivity index (χ0) is 43.9. The van der Waals surface area contributed by atoms with Gasteiger partial charge in [-0.3, -0.25) is 19.9 Å². The van der Waals surface area contributed by atoms with Gasteiger partial charge in [-0.2, -0.15) is 0 Å². The van der Waals surface area contributed by atoms with E-state index in [-0.39, 0.29) is 125 Å². The molecule has 0 aromatic carbocycles. The van der Waals surface area contributed by atoms with E-state index < -0.39 is 29.8 Å². The minimum Gasteiger partial charge on any atom is -0.850 e. The Morgan fingerprint density at radius 2 is 0.550 bits per heavy atom. The molecule has 0 unspecified atom stereocenters. The second-order valence-electron chi connectivity index (χ2n) is 8.42. The molecule has 0 aliphatic rings. The molecular weight excluding hydrogens is 1130 g/mol. The number of aliphatic carboxylic acids is 5. The maximum absolute atomic E-state index is 10.1. The molecule has 0 spiro atoms. The Morgan fingerprint density at radius 3 is 0.600 bits per heavy atom. The Hall–Kier alpha value is -2.90. The van der Waals surface area contributed by atoms with Gasteiger partial charge in [0.05, 0.1) is 5.34 Å². The van der Waals surface area contributed by atoms with E-state index >= 15 is 0 Å². The number of carbonyl (C=O) groups excluding carboxylic acids is 5. The first kappa shape index (κ1) is 84.6. The van der Waals surface area contributed by atoms with Crippen LogP contribution >= 0.6 is 23.2 Å². The van der Waals surface area contributed by atoms with Crippen molar-refractivity contribution in [3.63, 3.8) is 0 Å². The van der Waals surface area contributed by atoms with E-state index in [1.54, 1.807) is 97.6 Å². The normalized spacial score (nSPS) is 7.25. The summed E-state index contributed by atoms with van der Waals surface area (Å²) in [6.07, 6.45) is 6.47. The molecule has 0 aliphatic carbocycles. The minimum absolute atomic E-state index is 0. The van der Waals surface area contributed by atoms with Gasteiger partial charge in [0.2, 0.25) is 0 Å². The fourth-order valence-electron chi connectivity index (χ4n) is 1.93. The molecule has 4 heterocycles. The van der Waals surface area contributed by atoms with Gasteiger partial charge in [-0.1, -0.05) is 50.7 Å². The Bertz CT molecular complexity index is 1210. The van der Waals surface area contributed by atoms with Crippen LogP contribution in [0.3, 0.4) is 0 Å². The number of halogens is 2. The van der Waals surface area contributed by atoms with E-state index in [0.717, 1.165) is 34.6 Å². The molecule has 0 bridgehead atoms. The van der Waals surface area contributed by atoms with Crippen LogP contribution in [0.4, 0.5) is 0 Å². The number of nitrogens with zero attached hydrogens (tertiary/aromatic N) is 4. The second-order valence-corrected chi connectivity index (χ2v) is 9.23. The second kappa shape index (κ2) is 70.6. The van der Waals surface area contributed by atoms with Gasteiger partial charge in [0.1, 0.15) is 0 Å². The maximum atomic E-state index is 10.1. The topological polar surface area (TPSA) is 377 Å². The minimum atomic E-state index is -1.08. The molecule has 4 aromatic heterocycles. The third kappa shape index (κ3) is 117. The summed E-state index contributed by atoms with van der Waals surface area (Å²) >= 11 is 9.53. The fraction of sp³-hybridized carbons (Fsp3) is 0.286. The summed E-state index contributed by atoms with van der Waals surface area (Å²) in [6.45, 7) is 3.98. The van der Waals surface area contributed by atoms with Gasteiger partial charge in [0.15, 0.2) is 0 Å². The van der Waals surface area contributed by atoms with E-state index in [2.05, 4.69) is 19.9 Å². The fourth-order valence-corrected chi connectivity index (χ4v) is 1.93. The summed E-state index contributed by atoms with van der Waals surface area (Å²) in [7, 11) is 0.